The third kappa shape index (κ3) is 7.09. The quantitative estimate of drug-likeness (QED) is 0.101. The van der Waals surface area contributed by atoms with Gasteiger partial charge in [0.2, 0.25) is 0 Å². The molecule has 0 aliphatic carbocycles. The van der Waals surface area contributed by atoms with Crippen molar-refractivity contribution in [3.63, 3.8) is 0 Å². The van der Waals surface area contributed by atoms with E-state index in [1.54, 1.807) is 82.1 Å². The minimum atomic E-state index is -1.06. The SMILES string of the molecule is [2H]c1c([2H])c([2H])c(-c2cccc(-c3c([2H])c([2H])c([2H])c([2H])c3[2H])c2-[n+]2[c-]n(-c3cccc(Oc4cc(-n5c6c([2H])c([2H])c([2H])c([2H])c6c6c([2H])c([2H])c([2H])c([2H])c65)c5c6ccccc6n(-c6cc(C([2H])(C)C(C)C)ccn6)c5c4)c3)c3ccccc32)c([2H])c1[2H]. The van der Waals surface area contributed by atoms with Gasteiger partial charge >= 0.3 is 0 Å². The van der Waals surface area contributed by atoms with Crippen molar-refractivity contribution < 1.29 is 35.3 Å². The summed E-state index contributed by atoms with van der Waals surface area (Å²) < 4.78 is 184. The summed E-state index contributed by atoms with van der Waals surface area (Å²) in [6.45, 7) is 5.74. The lowest BCUT2D eigenvalue weighted by Gasteiger charge is -2.18. The molecule has 0 saturated heterocycles. The molecule has 1 unspecified atom stereocenters. The van der Waals surface area contributed by atoms with Crippen LogP contribution in [0.4, 0.5) is 0 Å². The molecule has 0 N–H and O–H groups in total. The van der Waals surface area contributed by atoms with Crippen LogP contribution in [0.5, 0.6) is 11.5 Å². The summed E-state index contributed by atoms with van der Waals surface area (Å²) in [5.41, 5.74) is 2.86. The van der Waals surface area contributed by atoms with Gasteiger partial charge in [0.1, 0.15) is 17.3 Å². The average molecular weight is 935 g/mol. The highest BCUT2D eigenvalue weighted by atomic mass is 16.5. The van der Waals surface area contributed by atoms with E-state index in [1.807, 2.05) is 55.7 Å². The predicted octanol–water partition coefficient (Wildman–Crippen LogP) is 16.2. The fourth-order valence-electron chi connectivity index (χ4n) is 9.51. The normalized spacial score (nSPS) is 16.4. The van der Waals surface area contributed by atoms with Gasteiger partial charge in [0.05, 0.1) is 74.8 Å². The minimum Gasteiger partial charge on any atom is -0.458 e. The van der Waals surface area contributed by atoms with E-state index in [-0.39, 0.29) is 72.9 Å². The number of benzene rings is 9. The number of ether oxygens (including phenoxy) is 1. The Morgan fingerprint density at radius 3 is 1.89 bits per heavy atom. The molecule has 4 aromatic heterocycles. The molecule has 0 aliphatic rings. The number of para-hydroxylation sites is 6. The summed E-state index contributed by atoms with van der Waals surface area (Å²) in [6, 6.07) is 22.6. The molecule has 0 aliphatic heterocycles. The molecule has 0 spiro atoms. The number of fused-ring (bicyclic) bond motifs is 7. The number of nitrogens with zero attached hydrogens (tertiary/aromatic N) is 5. The predicted molar refractivity (Wildman–Crippen MR) is 291 cm³/mol. The van der Waals surface area contributed by atoms with Crippen molar-refractivity contribution in [3.05, 3.63) is 242 Å². The zero-order valence-electron chi connectivity index (χ0n) is 57.3. The highest BCUT2D eigenvalue weighted by Gasteiger charge is 2.24. The minimum absolute atomic E-state index is 0.0612. The molecule has 13 rings (SSSR count). The largest absolute Gasteiger partial charge is 0.458 e. The van der Waals surface area contributed by atoms with Crippen molar-refractivity contribution in [1.82, 2.24) is 18.7 Å². The van der Waals surface area contributed by atoms with E-state index >= 15 is 0 Å². The monoisotopic (exact) mass is 935 g/mol. The zero-order chi connectivity index (χ0) is 64.2. The van der Waals surface area contributed by atoms with Gasteiger partial charge in [0.15, 0.2) is 0 Å². The van der Waals surface area contributed by atoms with Gasteiger partial charge in [-0.3, -0.25) is 13.7 Å². The Kier molecular flexibility index (Phi) is 6.46. The molecule has 6 nitrogen and oxygen atoms in total. The number of rotatable bonds is 10. The van der Waals surface area contributed by atoms with Gasteiger partial charge in [-0.05, 0) is 88.1 Å². The van der Waals surface area contributed by atoms with E-state index in [4.69, 9.17) is 28.9 Å². The van der Waals surface area contributed by atoms with E-state index < -0.39 is 115 Å². The fraction of sp³-hybridized carbons (Fsp3) is 0.0769. The highest BCUT2D eigenvalue weighted by molar-refractivity contribution is 6.16. The molecule has 13 aromatic rings. The van der Waals surface area contributed by atoms with Crippen LogP contribution in [0.25, 0.3) is 99.8 Å². The van der Waals surface area contributed by atoms with E-state index in [1.165, 1.54) is 22.8 Å². The van der Waals surface area contributed by atoms with Crippen LogP contribution >= 0.6 is 0 Å². The van der Waals surface area contributed by atoms with Crippen molar-refractivity contribution in [2.24, 2.45) is 5.92 Å². The van der Waals surface area contributed by atoms with Crippen LogP contribution in [-0.4, -0.2) is 18.7 Å². The summed E-state index contributed by atoms with van der Waals surface area (Å²) >= 11 is 0. The molecule has 71 heavy (non-hydrogen) atoms. The number of imidazole rings is 1. The van der Waals surface area contributed by atoms with Crippen LogP contribution in [0.3, 0.4) is 0 Å². The van der Waals surface area contributed by atoms with Crippen LogP contribution in [0, 0.1) is 12.2 Å². The summed E-state index contributed by atoms with van der Waals surface area (Å²) in [7, 11) is 0. The van der Waals surface area contributed by atoms with Crippen molar-refractivity contribution >= 4 is 54.6 Å². The lowest BCUT2D eigenvalue weighted by atomic mass is 9.91. The molecule has 0 bridgehead atoms. The van der Waals surface area contributed by atoms with Crippen LogP contribution < -0.4 is 9.30 Å². The molecular formula is C65H49N5O. The fourth-order valence-corrected chi connectivity index (χ4v) is 9.51. The number of hydrogen-bond acceptors (Lipinski definition) is 2. The highest BCUT2D eigenvalue weighted by Crippen LogP contribution is 2.43. The second kappa shape index (κ2) is 17.2. The summed E-state index contributed by atoms with van der Waals surface area (Å²) in [6.07, 6.45) is 5.03. The molecule has 6 heteroatoms. The standard InChI is InChI=1S/C65H49N5O/c1-43(2)44(3)47-36-37-66-63(38-47)70-58-33-15-12-28-55(58)64-61(69-56-31-13-10-26-53(56)54-27-11-14-32-57(54)69)40-50(41-62(64)70)71-49-25-18-24-48(39-49)67-42-68(60-35-17-16-34-59(60)67)65-51(45-20-6-4-7-21-45)29-19-30-52(65)46-22-8-5-9-23-46/h4-41,43-44H,1-3H3/i4D,5D,6D,7D,8D,9D,10D,11D,13D,14D,20D,21D,22D,23D,26D,27D,31D,32D,44D. The molecule has 1 atom stereocenters. The van der Waals surface area contributed by atoms with Gasteiger partial charge in [-0.25, -0.2) is 4.98 Å². The topological polar surface area (TPSA) is 40.8 Å². The Morgan fingerprint density at radius 1 is 0.549 bits per heavy atom. The van der Waals surface area contributed by atoms with Crippen LogP contribution in [0.15, 0.2) is 230 Å². The molecular weight excluding hydrogens is 867 g/mol. The smallest absolute Gasteiger partial charge is 0.269 e. The van der Waals surface area contributed by atoms with Crippen LogP contribution in [0.1, 0.15) is 58.3 Å². The molecule has 0 radical (unpaired) electrons. The zero-order valence-corrected chi connectivity index (χ0v) is 38.3. The Labute approximate surface area is 439 Å². The molecule has 340 valence electrons. The maximum absolute atomic E-state index is 9.50. The van der Waals surface area contributed by atoms with Crippen molar-refractivity contribution in [3.8, 4) is 56.6 Å². The lowest BCUT2D eigenvalue weighted by Crippen LogP contribution is -2.31. The number of aromatic nitrogens is 5. The van der Waals surface area contributed by atoms with Gasteiger partial charge in [0, 0.05) is 41.2 Å². The summed E-state index contributed by atoms with van der Waals surface area (Å²) in [5.74, 6) is -0.382. The van der Waals surface area contributed by atoms with Gasteiger partial charge in [-0.15, -0.1) is 0 Å². The van der Waals surface area contributed by atoms with E-state index in [0.29, 0.717) is 49.9 Å². The Balaban J connectivity index is 1.08. The first kappa shape index (κ1) is 26.7. The average Bonchev–Trinajstić information content (AvgIpc) is 1.52. The van der Waals surface area contributed by atoms with Crippen molar-refractivity contribution in [2.75, 3.05) is 0 Å². The maximum atomic E-state index is 9.50. The van der Waals surface area contributed by atoms with Gasteiger partial charge in [-0.2, -0.15) is 0 Å². The maximum Gasteiger partial charge on any atom is 0.269 e. The van der Waals surface area contributed by atoms with E-state index in [9.17, 15) is 6.85 Å². The van der Waals surface area contributed by atoms with Gasteiger partial charge in [0.25, 0.3) is 6.33 Å². The first-order valence-electron chi connectivity index (χ1n) is 32.3. The summed E-state index contributed by atoms with van der Waals surface area (Å²) in [5, 5.41) is 0.865. The molecule has 9 aromatic carbocycles. The van der Waals surface area contributed by atoms with Crippen LogP contribution in [-0.2, 0) is 0 Å². The first-order valence-corrected chi connectivity index (χ1v) is 22.8. The lowest BCUT2D eigenvalue weighted by molar-refractivity contribution is -0.571. The second-order valence-electron chi connectivity index (χ2n) is 17.3. The van der Waals surface area contributed by atoms with Crippen LogP contribution in [0.2, 0.25) is 0 Å². The number of pyridine rings is 1. The van der Waals surface area contributed by atoms with Gasteiger partial charge in [-0.1, -0.05) is 184 Å². The summed E-state index contributed by atoms with van der Waals surface area (Å²) in [4.78, 5) is 4.87. The number of hydrogen-bond donors (Lipinski definition) is 0. The third-order valence-electron chi connectivity index (χ3n) is 13.0. The second-order valence-corrected chi connectivity index (χ2v) is 17.3. The van der Waals surface area contributed by atoms with Gasteiger partial charge < -0.3 is 9.30 Å². The molecule has 0 saturated carbocycles. The molecule has 4 heterocycles. The van der Waals surface area contributed by atoms with Crippen molar-refractivity contribution in [1.29, 1.82) is 0 Å². The van der Waals surface area contributed by atoms with E-state index in [2.05, 4.69) is 6.33 Å². The van der Waals surface area contributed by atoms with Crippen molar-refractivity contribution in [2.45, 2.75) is 26.7 Å². The molecule has 0 amide bonds. The Morgan fingerprint density at radius 2 is 1.18 bits per heavy atom. The Hall–Kier alpha value is -9.00. The van der Waals surface area contributed by atoms with E-state index in [0.717, 1.165) is 0 Å². The first-order chi connectivity index (χ1) is 42.8. The molecule has 0 fully saturated rings. The third-order valence-corrected chi connectivity index (χ3v) is 13.0. The Bertz CT molecular complexity index is 5080.